The molecule has 5 heteroatoms. The number of anilines is 2. The number of aliphatic hydroxyl groups is 1. The summed E-state index contributed by atoms with van der Waals surface area (Å²) in [5.74, 6) is -0.505. The van der Waals surface area contributed by atoms with Crippen LogP contribution in [0.2, 0.25) is 5.02 Å². The van der Waals surface area contributed by atoms with Gasteiger partial charge in [-0.15, -0.1) is 0 Å². The summed E-state index contributed by atoms with van der Waals surface area (Å²) in [7, 11) is 0. The molecule has 3 nitrogen and oxygen atoms in total. The molecule has 0 fully saturated rings. The maximum absolute atomic E-state index is 13.1. The predicted molar refractivity (Wildman–Crippen MR) is 65.2 cm³/mol. The van der Waals surface area contributed by atoms with Gasteiger partial charge in [-0.05, 0) is 18.9 Å². The van der Waals surface area contributed by atoms with Crippen LogP contribution in [-0.2, 0) is 0 Å². The molecule has 16 heavy (non-hydrogen) atoms. The first-order valence-electron chi connectivity index (χ1n) is 5.21. The van der Waals surface area contributed by atoms with Crippen LogP contribution in [0, 0.1) is 5.82 Å². The van der Waals surface area contributed by atoms with E-state index in [-0.39, 0.29) is 11.1 Å². The summed E-state index contributed by atoms with van der Waals surface area (Å²) in [6.45, 7) is 2.45. The summed E-state index contributed by atoms with van der Waals surface area (Å²) in [6.07, 6.45) is 0.956. The summed E-state index contributed by atoms with van der Waals surface area (Å²) in [4.78, 5) is 0. The van der Waals surface area contributed by atoms with Crippen molar-refractivity contribution in [3.63, 3.8) is 0 Å². The maximum atomic E-state index is 13.1. The van der Waals surface area contributed by atoms with Crippen molar-refractivity contribution in [1.82, 2.24) is 0 Å². The highest BCUT2D eigenvalue weighted by Crippen LogP contribution is 2.26. The Kier molecular flexibility index (Phi) is 4.83. The second-order valence-electron chi connectivity index (χ2n) is 3.63. The van der Waals surface area contributed by atoms with Crippen LogP contribution in [-0.4, -0.2) is 17.8 Å². The molecule has 0 radical (unpaired) electrons. The van der Waals surface area contributed by atoms with Gasteiger partial charge in [-0.2, -0.15) is 0 Å². The zero-order chi connectivity index (χ0) is 12.1. The van der Waals surface area contributed by atoms with Gasteiger partial charge in [-0.25, -0.2) is 4.39 Å². The number of nitrogen functional groups attached to an aromatic ring is 1. The van der Waals surface area contributed by atoms with Gasteiger partial charge in [0.2, 0.25) is 0 Å². The van der Waals surface area contributed by atoms with Crippen LogP contribution in [0.25, 0.3) is 0 Å². The molecular weight excluding hydrogens is 231 g/mol. The minimum absolute atomic E-state index is 0.0108. The Balaban J connectivity index is 2.57. The third-order valence-electron chi connectivity index (χ3n) is 2.36. The van der Waals surface area contributed by atoms with Gasteiger partial charge >= 0.3 is 0 Å². The molecule has 0 saturated carbocycles. The van der Waals surface area contributed by atoms with E-state index < -0.39 is 5.82 Å². The standard InChI is InChI=1S/C11H16ClFN2O/c1-2-7(16)3-4-15-11-6-9(13)8(12)5-10(11)14/h5-7,15-16H,2-4,14H2,1H3. The third-order valence-corrected chi connectivity index (χ3v) is 2.65. The first-order valence-corrected chi connectivity index (χ1v) is 5.58. The highest BCUT2D eigenvalue weighted by Gasteiger charge is 2.06. The first kappa shape index (κ1) is 13.1. The molecule has 1 unspecified atom stereocenters. The van der Waals surface area contributed by atoms with Crippen LogP contribution in [0.5, 0.6) is 0 Å². The summed E-state index contributed by atoms with van der Waals surface area (Å²) >= 11 is 5.57. The summed E-state index contributed by atoms with van der Waals surface area (Å²) in [5.41, 5.74) is 6.57. The Morgan fingerprint density at radius 2 is 2.25 bits per heavy atom. The fraction of sp³-hybridized carbons (Fsp3) is 0.455. The van der Waals surface area contributed by atoms with Gasteiger partial charge in [0.1, 0.15) is 5.82 Å². The molecule has 0 aliphatic heterocycles. The fourth-order valence-electron chi connectivity index (χ4n) is 1.29. The number of nitrogens with one attached hydrogen (secondary N) is 1. The summed E-state index contributed by atoms with van der Waals surface area (Å²) < 4.78 is 13.1. The molecule has 90 valence electrons. The SMILES string of the molecule is CCC(O)CCNc1cc(F)c(Cl)cc1N. The zero-order valence-electron chi connectivity index (χ0n) is 9.13. The lowest BCUT2D eigenvalue weighted by Gasteiger charge is -2.12. The number of aliphatic hydroxyl groups excluding tert-OH is 1. The number of rotatable bonds is 5. The maximum Gasteiger partial charge on any atom is 0.143 e. The lowest BCUT2D eigenvalue weighted by atomic mass is 10.2. The van der Waals surface area contributed by atoms with E-state index in [4.69, 9.17) is 17.3 Å². The highest BCUT2D eigenvalue weighted by molar-refractivity contribution is 6.31. The molecule has 1 rings (SSSR count). The van der Waals surface area contributed by atoms with Crippen molar-refractivity contribution in [2.24, 2.45) is 0 Å². The minimum atomic E-state index is -0.505. The smallest absolute Gasteiger partial charge is 0.143 e. The summed E-state index contributed by atoms with van der Waals surface area (Å²) in [5, 5.41) is 12.3. The lowest BCUT2D eigenvalue weighted by molar-refractivity contribution is 0.164. The first-order chi connectivity index (χ1) is 7.54. The number of nitrogens with two attached hydrogens (primary N) is 1. The molecule has 1 aromatic carbocycles. The van der Waals surface area contributed by atoms with E-state index in [1.165, 1.54) is 12.1 Å². The van der Waals surface area contributed by atoms with Crippen molar-refractivity contribution in [2.45, 2.75) is 25.9 Å². The van der Waals surface area contributed by atoms with Crippen LogP contribution in [0.15, 0.2) is 12.1 Å². The Morgan fingerprint density at radius 1 is 1.56 bits per heavy atom. The Hall–Kier alpha value is -1.00. The Morgan fingerprint density at radius 3 is 2.88 bits per heavy atom. The van der Waals surface area contributed by atoms with Gasteiger partial charge < -0.3 is 16.2 Å². The van der Waals surface area contributed by atoms with Crippen LogP contribution in [0.3, 0.4) is 0 Å². The molecule has 0 spiro atoms. The second-order valence-corrected chi connectivity index (χ2v) is 4.04. The van der Waals surface area contributed by atoms with Crippen LogP contribution >= 0.6 is 11.6 Å². The van der Waals surface area contributed by atoms with E-state index in [1.54, 1.807) is 0 Å². The Labute approximate surface area is 99.4 Å². The molecule has 0 aromatic heterocycles. The molecular formula is C11H16ClFN2O. The number of benzene rings is 1. The van der Waals surface area contributed by atoms with Gasteiger partial charge in [-0.1, -0.05) is 18.5 Å². The van der Waals surface area contributed by atoms with Crippen LogP contribution in [0.1, 0.15) is 19.8 Å². The lowest BCUT2D eigenvalue weighted by Crippen LogP contribution is -2.13. The third kappa shape index (κ3) is 3.54. The largest absolute Gasteiger partial charge is 0.397 e. The van der Waals surface area contributed by atoms with E-state index in [0.29, 0.717) is 30.8 Å². The molecule has 0 saturated heterocycles. The van der Waals surface area contributed by atoms with Crippen LogP contribution in [0.4, 0.5) is 15.8 Å². The molecule has 1 atom stereocenters. The minimum Gasteiger partial charge on any atom is -0.397 e. The molecule has 1 aromatic rings. The van der Waals surface area contributed by atoms with Crippen molar-refractivity contribution in [1.29, 1.82) is 0 Å². The van der Waals surface area contributed by atoms with E-state index >= 15 is 0 Å². The number of hydrogen-bond acceptors (Lipinski definition) is 3. The van der Waals surface area contributed by atoms with Crippen molar-refractivity contribution in [3.05, 3.63) is 23.0 Å². The average molecular weight is 247 g/mol. The highest BCUT2D eigenvalue weighted by atomic mass is 35.5. The predicted octanol–water partition coefficient (Wildman–Crippen LogP) is 2.63. The van der Waals surface area contributed by atoms with Crippen LogP contribution < -0.4 is 11.1 Å². The zero-order valence-corrected chi connectivity index (χ0v) is 9.89. The Bertz CT molecular complexity index is 360. The van der Waals surface area contributed by atoms with E-state index in [2.05, 4.69) is 5.32 Å². The quantitative estimate of drug-likeness (QED) is 0.700. The molecule has 0 amide bonds. The molecule has 0 aliphatic carbocycles. The topological polar surface area (TPSA) is 58.3 Å². The van der Waals surface area contributed by atoms with E-state index in [1.807, 2.05) is 6.92 Å². The van der Waals surface area contributed by atoms with Gasteiger partial charge in [0, 0.05) is 12.6 Å². The molecule has 4 N–H and O–H groups in total. The van der Waals surface area contributed by atoms with Gasteiger partial charge in [0.15, 0.2) is 0 Å². The van der Waals surface area contributed by atoms with Crippen molar-refractivity contribution < 1.29 is 9.50 Å². The van der Waals surface area contributed by atoms with Crippen molar-refractivity contribution in [3.8, 4) is 0 Å². The average Bonchev–Trinajstić information content (AvgIpc) is 2.25. The monoisotopic (exact) mass is 246 g/mol. The fourth-order valence-corrected chi connectivity index (χ4v) is 1.46. The van der Waals surface area contributed by atoms with Gasteiger partial charge in [0.25, 0.3) is 0 Å². The molecule has 0 aliphatic rings. The number of hydrogen-bond donors (Lipinski definition) is 3. The van der Waals surface area contributed by atoms with E-state index in [9.17, 15) is 9.50 Å². The second kappa shape index (κ2) is 5.92. The summed E-state index contributed by atoms with van der Waals surface area (Å²) in [6, 6.07) is 2.63. The van der Waals surface area contributed by atoms with Crippen molar-refractivity contribution in [2.75, 3.05) is 17.6 Å². The van der Waals surface area contributed by atoms with Crippen molar-refractivity contribution >= 4 is 23.0 Å². The number of halogens is 2. The normalized spacial score (nSPS) is 12.5. The van der Waals surface area contributed by atoms with E-state index in [0.717, 1.165) is 0 Å². The van der Waals surface area contributed by atoms with Gasteiger partial charge in [0.05, 0.1) is 22.5 Å². The van der Waals surface area contributed by atoms with Gasteiger partial charge in [-0.3, -0.25) is 0 Å². The molecule has 0 heterocycles. The molecule has 0 bridgehead atoms.